The van der Waals surface area contributed by atoms with Crippen LogP contribution in [0.3, 0.4) is 0 Å². The molecular weight excluding hydrogens is 454 g/mol. The first-order valence-electron chi connectivity index (χ1n) is 9.81. The molecule has 0 aromatic heterocycles. The molecule has 11 heteroatoms. The molecule has 33 heavy (non-hydrogen) atoms. The maximum absolute atomic E-state index is 13.1. The molecule has 0 bridgehead atoms. The summed E-state index contributed by atoms with van der Waals surface area (Å²) in [5.41, 5.74) is -0.888. The molecule has 10 nitrogen and oxygen atoms in total. The number of ether oxygens (including phenoxy) is 1. The van der Waals surface area contributed by atoms with Gasteiger partial charge in [-0.25, -0.2) is 4.79 Å². The number of nitro benzene ring substituents is 1. The van der Waals surface area contributed by atoms with Crippen molar-refractivity contribution in [3.8, 4) is 5.75 Å². The Hall–Kier alpha value is -3.50. The van der Waals surface area contributed by atoms with E-state index in [4.69, 9.17) is 16.3 Å². The van der Waals surface area contributed by atoms with Crippen molar-refractivity contribution >= 4 is 40.6 Å². The van der Waals surface area contributed by atoms with Crippen LogP contribution in [-0.4, -0.2) is 40.8 Å². The Morgan fingerprint density at radius 1 is 1.18 bits per heavy atom. The van der Waals surface area contributed by atoms with Crippen LogP contribution in [0.25, 0.3) is 0 Å². The molecule has 1 atom stereocenters. The van der Waals surface area contributed by atoms with Crippen LogP contribution in [0.5, 0.6) is 5.75 Å². The number of hydrogen-bond acceptors (Lipinski definition) is 7. The van der Waals surface area contributed by atoms with Crippen LogP contribution in [0.2, 0.25) is 5.02 Å². The number of carbonyl (C=O) groups is 3. The lowest BCUT2D eigenvalue weighted by Gasteiger charge is -2.25. The number of carboxylic acid groups (broad SMARTS) is 1. The van der Waals surface area contributed by atoms with Crippen LogP contribution in [0.4, 0.5) is 11.4 Å². The molecule has 0 heterocycles. The predicted molar refractivity (Wildman–Crippen MR) is 122 cm³/mol. The molecule has 2 aromatic carbocycles. The van der Waals surface area contributed by atoms with Crippen LogP contribution in [-0.2, 0) is 16.1 Å². The van der Waals surface area contributed by atoms with E-state index >= 15 is 0 Å². The van der Waals surface area contributed by atoms with Gasteiger partial charge in [-0.1, -0.05) is 32.4 Å². The van der Waals surface area contributed by atoms with E-state index in [1.807, 2.05) is 0 Å². The van der Waals surface area contributed by atoms with Crippen LogP contribution >= 0.6 is 11.6 Å². The van der Waals surface area contributed by atoms with Crippen molar-refractivity contribution in [2.45, 2.75) is 33.4 Å². The van der Waals surface area contributed by atoms with E-state index < -0.39 is 34.1 Å². The average Bonchev–Trinajstić information content (AvgIpc) is 2.73. The van der Waals surface area contributed by atoms with Crippen molar-refractivity contribution in [2.75, 3.05) is 12.4 Å². The zero-order valence-electron chi connectivity index (χ0n) is 18.5. The van der Waals surface area contributed by atoms with Gasteiger partial charge in [0.2, 0.25) is 6.10 Å². The van der Waals surface area contributed by atoms with Gasteiger partial charge in [0.25, 0.3) is 11.6 Å². The van der Waals surface area contributed by atoms with Gasteiger partial charge in [0.1, 0.15) is 5.75 Å². The highest BCUT2D eigenvalue weighted by Gasteiger charge is 2.37. The third kappa shape index (κ3) is 6.50. The molecule has 2 aromatic rings. The Balaban J connectivity index is 2.45. The summed E-state index contributed by atoms with van der Waals surface area (Å²) in [6, 6.07) is 7.56. The Morgan fingerprint density at radius 2 is 1.85 bits per heavy atom. The van der Waals surface area contributed by atoms with E-state index in [-0.39, 0.29) is 34.3 Å². The number of benzene rings is 2. The van der Waals surface area contributed by atoms with Crippen molar-refractivity contribution in [3.63, 3.8) is 0 Å². The molecular formula is C22H24ClN3O7. The maximum atomic E-state index is 13.1. The fourth-order valence-electron chi connectivity index (χ4n) is 2.82. The number of hydrogen-bond donors (Lipinski definition) is 3. The normalized spacial score (nSPS) is 12.0. The number of amides is 1. The number of anilines is 1. The van der Waals surface area contributed by atoms with Crippen LogP contribution in [0.15, 0.2) is 36.4 Å². The lowest BCUT2D eigenvalue weighted by Crippen LogP contribution is -2.45. The number of carboxylic acids is 1. The number of nitro groups is 1. The molecule has 176 valence electrons. The van der Waals surface area contributed by atoms with Gasteiger partial charge in [0.05, 0.1) is 21.2 Å². The summed E-state index contributed by atoms with van der Waals surface area (Å²) in [4.78, 5) is 48.0. The lowest BCUT2D eigenvalue weighted by atomic mass is 9.87. The van der Waals surface area contributed by atoms with E-state index in [2.05, 4.69) is 10.6 Å². The highest BCUT2D eigenvalue weighted by molar-refractivity contribution is 6.34. The van der Waals surface area contributed by atoms with Crippen LogP contribution in [0, 0.1) is 15.5 Å². The summed E-state index contributed by atoms with van der Waals surface area (Å²) >= 11 is 6.09. The molecule has 0 aliphatic heterocycles. The number of aromatic carboxylic acids is 1. The largest absolute Gasteiger partial charge is 0.478 e. The average molecular weight is 478 g/mol. The summed E-state index contributed by atoms with van der Waals surface area (Å²) < 4.78 is 5.79. The molecule has 0 aliphatic carbocycles. The smallest absolute Gasteiger partial charge is 0.335 e. The molecule has 0 radical (unpaired) electrons. The SMILES string of the molecule is CNCc1cc([N+](=O)[O-])ccc1OC(C(=O)Nc1cc(C(=O)O)ccc1Cl)C(=O)C(C)(C)C. The number of Topliss-reactive ketones (excluding diaryl/α,β-unsaturated/α-hetero) is 1. The first kappa shape index (κ1) is 25.8. The zero-order chi connectivity index (χ0) is 24.9. The third-order valence-corrected chi connectivity index (χ3v) is 4.88. The number of nitrogens with zero attached hydrogens (tertiary/aromatic N) is 1. The Kier molecular flexibility index (Phi) is 8.13. The fraction of sp³-hybridized carbons (Fsp3) is 0.318. The highest BCUT2D eigenvalue weighted by Crippen LogP contribution is 2.29. The molecule has 3 N–H and O–H groups in total. The standard InChI is InChI=1S/C22H24ClN3O7/c1-22(2,3)19(27)18(20(28)25-16-10-12(21(29)30)5-7-15(16)23)33-17-8-6-14(26(31)32)9-13(17)11-24-4/h5-10,18,24H,11H2,1-4H3,(H,25,28)(H,29,30). The molecule has 0 aliphatic rings. The minimum atomic E-state index is -1.63. The number of nitrogens with one attached hydrogen (secondary N) is 2. The minimum absolute atomic E-state index is 0.00368. The molecule has 0 spiro atoms. The van der Waals surface area contributed by atoms with Gasteiger partial charge in [-0.3, -0.25) is 19.7 Å². The van der Waals surface area contributed by atoms with E-state index in [1.165, 1.54) is 36.4 Å². The zero-order valence-corrected chi connectivity index (χ0v) is 19.2. The van der Waals surface area contributed by atoms with Crippen LogP contribution < -0.4 is 15.4 Å². The fourth-order valence-corrected chi connectivity index (χ4v) is 2.99. The monoisotopic (exact) mass is 477 g/mol. The molecule has 0 fully saturated rings. The van der Waals surface area contributed by atoms with E-state index in [0.29, 0.717) is 5.56 Å². The van der Waals surface area contributed by atoms with Gasteiger partial charge in [-0.15, -0.1) is 0 Å². The van der Waals surface area contributed by atoms with Gasteiger partial charge < -0.3 is 20.5 Å². The second-order valence-corrected chi connectivity index (χ2v) is 8.59. The first-order valence-corrected chi connectivity index (χ1v) is 10.2. The topological polar surface area (TPSA) is 148 Å². The number of carbonyl (C=O) groups excluding carboxylic acids is 2. The number of non-ortho nitro benzene ring substituents is 1. The van der Waals surface area contributed by atoms with Crippen molar-refractivity contribution in [3.05, 3.63) is 62.7 Å². The molecule has 1 amide bonds. The lowest BCUT2D eigenvalue weighted by molar-refractivity contribution is -0.384. The van der Waals surface area contributed by atoms with E-state index in [9.17, 15) is 29.6 Å². The van der Waals surface area contributed by atoms with Gasteiger partial charge in [0.15, 0.2) is 5.78 Å². The summed E-state index contributed by atoms with van der Waals surface area (Å²) in [6.07, 6.45) is -1.63. The number of halogens is 1. The van der Waals surface area contributed by atoms with E-state index in [0.717, 1.165) is 0 Å². The summed E-state index contributed by atoms with van der Waals surface area (Å²) in [7, 11) is 1.63. The summed E-state index contributed by atoms with van der Waals surface area (Å²) in [6.45, 7) is 5.02. The number of rotatable bonds is 9. The van der Waals surface area contributed by atoms with Crippen molar-refractivity contribution in [2.24, 2.45) is 5.41 Å². The second-order valence-electron chi connectivity index (χ2n) is 8.18. The third-order valence-electron chi connectivity index (χ3n) is 4.55. The Bertz CT molecular complexity index is 1100. The minimum Gasteiger partial charge on any atom is -0.478 e. The summed E-state index contributed by atoms with van der Waals surface area (Å²) in [5, 5.41) is 25.7. The molecule has 0 saturated carbocycles. The van der Waals surface area contributed by atoms with Gasteiger partial charge >= 0.3 is 5.97 Å². The van der Waals surface area contributed by atoms with Crippen molar-refractivity contribution in [1.82, 2.24) is 5.32 Å². The number of ketones is 1. The van der Waals surface area contributed by atoms with Gasteiger partial charge in [-0.2, -0.15) is 0 Å². The Labute approximate surface area is 195 Å². The quantitative estimate of drug-likeness (QED) is 0.281. The first-order chi connectivity index (χ1) is 15.3. The molecule has 1 unspecified atom stereocenters. The maximum Gasteiger partial charge on any atom is 0.335 e. The molecule has 2 rings (SSSR count). The Morgan fingerprint density at radius 3 is 2.39 bits per heavy atom. The summed E-state index contributed by atoms with van der Waals surface area (Å²) in [5.74, 6) is -2.53. The van der Waals surface area contributed by atoms with Crippen molar-refractivity contribution < 1.29 is 29.2 Å². The molecule has 0 saturated heterocycles. The predicted octanol–water partition coefficient (Wildman–Crippen LogP) is 3.67. The van der Waals surface area contributed by atoms with Gasteiger partial charge in [-0.05, 0) is 31.3 Å². The highest BCUT2D eigenvalue weighted by atomic mass is 35.5. The van der Waals surface area contributed by atoms with Crippen molar-refractivity contribution in [1.29, 1.82) is 0 Å². The van der Waals surface area contributed by atoms with Crippen LogP contribution in [0.1, 0.15) is 36.7 Å². The van der Waals surface area contributed by atoms with Gasteiger partial charge in [0, 0.05) is 29.7 Å². The van der Waals surface area contributed by atoms with E-state index in [1.54, 1.807) is 27.8 Å². The second kappa shape index (κ2) is 10.4.